The Bertz CT molecular complexity index is 2060. The van der Waals surface area contributed by atoms with Gasteiger partial charge in [0.1, 0.15) is 48.5 Å². The summed E-state index contributed by atoms with van der Waals surface area (Å²) >= 11 is 0. The van der Waals surface area contributed by atoms with Crippen molar-refractivity contribution < 1.29 is 33.7 Å². The molecule has 286 valence electrons. The number of hydrogen-bond donors (Lipinski definition) is 3. The number of nitrogens with one attached hydrogen (secondary N) is 1. The number of carbonyl (C=O) groups excluding carboxylic acids is 2. The third-order valence-electron chi connectivity index (χ3n) is 12.1. The van der Waals surface area contributed by atoms with E-state index in [1.165, 1.54) is 12.1 Å². The van der Waals surface area contributed by atoms with Crippen LogP contribution in [0.1, 0.15) is 57.9 Å². The molecule has 9 rings (SSSR count). The lowest BCUT2D eigenvalue weighted by Gasteiger charge is -2.39. The number of benzene rings is 4. The summed E-state index contributed by atoms with van der Waals surface area (Å²) in [5.74, 6) is 1.09. The zero-order valence-electron chi connectivity index (χ0n) is 30.6. The highest BCUT2D eigenvalue weighted by atomic mass is 19.1. The van der Waals surface area contributed by atoms with Gasteiger partial charge in [-0.2, -0.15) is 0 Å². The van der Waals surface area contributed by atoms with E-state index >= 15 is 0 Å². The van der Waals surface area contributed by atoms with Crippen molar-refractivity contribution in [2.75, 3.05) is 50.8 Å². The first-order chi connectivity index (χ1) is 26.8. The highest BCUT2D eigenvalue weighted by molar-refractivity contribution is 6.01. The van der Waals surface area contributed by atoms with E-state index in [0.29, 0.717) is 50.2 Å². The highest BCUT2D eigenvalue weighted by Crippen LogP contribution is 2.40. The topological polar surface area (TPSA) is 118 Å². The molecule has 5 aliphatic heterocycles. The van der Waals surface area contributed by atoms with E-state index in [9.17, 15) is 24.2 Å². The summed E-state index contributed by atoms with van der Waals surface area (Å²) < 4.78 is 26.2. The fourth-order valence-corrected chi connectivity index (χ4v) is 9.31. The number of phenols is 1. The number of amides is 2. The molecule has 0 radical (unpaired) electrons. The molecule has 0 spiro atoms. The number of aromatic hydroxyl groups is 1. The van der Waals surface area contributed by atoms with E-state index in [0.717, 1.165) is 85.0 Å². The maximum absolute atomic E-state index is 13.8. The van der Waals surface area contributed by atoms with Gasteiger partial charge in [0.2, 0.25) is 5.91 Å². The Kier molecular flexibility index (Phi) is 9.57. The Hall–Kier alpha value is -5.17. The van der Waals surface area contributed by atoms with Crippen LogP contribution in [0, 0.1) is 5.82 Å². The van der Waals surface area contributed by atoms with Crippen LogP contribution in [0.15, 0.2) is 84.9 Å². The predicted molar refractivity (Wildman–Crippen MR) is 204 cm³/mol. The molecule has 4 aromatic rings. The molecule has 2 amide bonds. The summed E-state index contributed by atoms with van der Waals surface area (Å²) in [6.45, 7) is 5.96. The fourth-order valence-electron chi connectivity index (χ4n) is 9.31. The third kappa shape index (κ3) is 7.10. The first kappa shape index (κ1) is 35.5. The number of phenolic OH excluding ortho intramolecular Hbond substituents is 1. The Labute approximate surface area is 319 Å². The summed E-state index contributed by atoms with van der Waals surface area (Å²) in [5.41, 5.74) is 5.78. The van der Waals surface area contributed by atoms with Crippen LogP contribution in [0.3, 0.4) is 0 Å². The van der Waals surface area contributed by atoms with E-state index in [-0.39, 0.29) is 29.4 Å². The van der Waals surface area contributed by atoms with Crippen LogP contribution in [-0.4, -0.2) is 107 Å². The molecular formula is C43H46FN5O6. The van der Waals surface area contributed by atoms with Crippen LogP contribution < -0.4 is 19.7 Å². The molecule has 11 nitrogen and oxygen atoms in total. The van der Waals surface area contributed by atoms with Crippen LogP contribution in [0.25, 0.3) is 0 Å². The van der Waals surface area contributed by atoms with Crippen LogP contribution in [-0.2, 0) is 17.8 Å². The van der Waals surface area contributed by atoms with Gasteiger partial charge >= 0.3 is 0 Å². The predicted octanol–water partition coefficient (Wildman–Crippen LogP) is 4.45. The SMILES string of the molecule is O=C1NC(O)CC[C@@H]1N1Cc2cc(OCCN3C[C@H]4C[C@@H]3CN4CCOc3ccc(C4c5ccc(O)cc5CCN4c4ccc(F)cc4)cc3)ccc2C1=O. The lowest BCUT2D eigenvalue weighted by atomic mass is 9.87. The van der Waals surface area contributed by atoms with Crippen molar-refractivity contribution in [1.82, 2.24) is 20.0 Å². The van der Waals surface area contributed by atoms with Crippen molar-refractivity contribution in [3.05, 3.63) is 119 Å². The van der Waals surface area contributed by atoms with Crippen molar-refractivity contribution in [1.29, 1.82) is 0 Å². The van der Waals surface area contributed by atoms with Gasteiger partial charge in [0.15, 0.2) is 0 Å². The van der Waals surface area contributed by atoms with Gasteiger partial charge in [0.25, 0.3) is 5.91 Å². The van der Waals surface area contributed by atoms with Gasteiger partial charge in [-0.25, -0.2) is 4.39 Å². The second kappa shape index (κ2) is 14.8. The Morgan fingerprint density at radius 2 is 1.49 bits per heavy atom. The van der Waals surface area contributed by atoms with Crippen molar-refractivity contribution in [2.24, 2.45) is 0 Å². The van der Waals surface area contributed by atoms with Crippen LogP contribution in [0.2, 0.25) is 0 Å². The lowest BCUT2D eigenvalue weighted by Crippen LogP contribution is -2.54. The number of carbonyl (C=O) groups is 2. The van der Waals surface area contributed by atoms with Gasteiger partial charge in [0.05, 0.1) is 6.04 Å². The molecular weight excluding hydrogens is 702 g/mol. The third-order valence-corrected chi connectivity index (χ3v) is 12.1. The number of piperazine rings is 1. The molecule has 0 aliphatic carbocycles. The fraction of sp³-hybridized carbons (Fsp3) is 0.395. The van der Waals surface area contributed by atoms with Gasteiger partial charge in [-0.1, -0.05) is 18.2 Å². The summed E-state index contributed by atoms with van der Waals surface area (Å²) in [6, 6.07) is 26.4. The molecule has 12 heteroatoms. The minimum atomic E-state index is -0.850. The van der Waals surface area contributed by atoms with Crippen molar-refractivity contribution in [2.45, 2.75) is 62.6 Å². The second-order valence-electron chi connectivity index (χ2n) is 15.4. The summed E-state index contributed by atoms with van der Waals surface area (Å²) in [4.78, 5) is 34.4. The van der Waals surface area contributed by atoms with Crippen molar-refractivity contribution in [3.63, 3.8) is 0 Å². The molecule has 55 heavy (non-hydrogen) atoms. The second-order valence-corrected chi connectivity index (χ2v) is 15.4. The van der Waals surface area contributed by atoms with E-state index in [1.807, 2.05) is 48.5 Å². The van der Waals surface area contributed by atoms with Gasteiger partial charge in [-0.3, -0.25) is 19.4 Å². The number of rotatable bonds is 11. The molecule has 0 aromatic heterocycles. The average molecular weight is 748 g/mol. The van der Waals surface area contributed by atoms with Gasteiger partial charge in [0, 0.05) is 62.6 Å². The first-order valence-corrected chi connectivity index (χ1v) is 19.4. The molecule has 5 heterocycles. The number of aliphatic hydroxyl groups is 1. The molecule has 3 N–H and O–H groups in total. The zero-order valence-corrected chi connectivity index (χ0v) is 30.6. The van der Waals surface area contributed by atoms with Crippen LogP contribution in [0.5, 0.6) is 17.2 Å². The number of hydrogen-bond acceptors (Lipinski definition) is 9. The average Bonchev–Trinajstić information content (AvgIpc) is 3.87. The van der Waals surface area contributed by atoms with Gasteiger partial charge in [-0.15, -0.1) is 0 Å². The molecule has 2 bridgehead atoms. The van der Waals surface area contributed by atoms with Crippen LogP contribution >= 0.6 is 0 Å². The molecule has 2 unspecified atom stereocenters. The highest BCUT2D eigenvalue weighted by Gasteiger charge is 2.43. The minimum Gasteiger partial charge on any atom is -0.508 e. The van der Waals surface area contributed by atoms with E-state index < -0.39 is 12.3 Å². The van der Waals surface area contributed by atoms with Gasteiger partial charge < -0.3 is 34.8 Å². The van der Waals surface area contributed by atoms with Crippen molar-refractivity contribution >= 4 is 17.5 Å². The Morgan fingerprint density at radius 3 is 2.20 bits per heavy atom. The summed E-state index contributed by atoms with van der Waals surface area (Å²) in [7, 11) is 0. The molecule has 5 aliphatic rings. The minimum absolute atomic E-state index is 0.0726. The largest absolute Gasteiger partial charge is 0.508 e. The molecule has 3 fully saturated rings. The number of ether oxygens (including phenoxy) is 2. The number of piperidine rings is 1. The van der Waals surface area contributed by atoms with E-state index in [1.54, 1.807) is 17.0 Å². The quantitative estimate of drug-likeness (QED) is 0.205. The number of aliphatic hydroxyl groups excluding tert-OH is 1. The lowest BCUT2D eigenvalue weighted by molar-refractivity contribution is -0.132. The Balaban J connectivity index is 0.745. The smallest absolute Gasteiger partial charge is 0.255 e. The maximum Gasteiger partial charge on any atom is 0.255 e. The molecule has 4 aromatic carbocycles. The zero-order chi connectivity index (χ0) is 37.6. The summed E-state index contributed by atoms with van der Waals surface area (Å²) in [5, 5.41) is 22.4. The van der Waals surface area contributed by atoms with Crippen molar-refractivity contribution in [3.8, 4) is 17.2 Å². The standard InChI is InChI=1S/C43H46FN5O6/c44-30-3-5-31(6-4-30)48-16-15-28-21-34(50)7-11-37(28)41(48)27-1-8-35(9-2-27)54-19-17-46-25-33-23-32(46)26-47(33)18-20-55-36-10-12-38-29(22-36)24-49(43(38)53)39-13-14-40(51)45-42(39)52/h1-12,21-22,32-33,39-41,50-51H,13-20,23-26H2,(H,45,52)/t32-,33-,39+,40?,41?/m1/s1. The monoisotopic (exact) mass is 747 g/mol. The number of nitrogens with zero attached hydrogens (tertiary/aromatic N) is 4. The molecule has 5 atom stereocenters. The first-order valence-electron chi connectivity index (χ1n) is 19.4. The molecule has 0 saturated carbocycles. The van der Waals surface area contributed by atoms with Crippen LogP contribution in [0.4, 0.5) is 10.1 Å². The van der Waals surface area contributed by atoms with E-state index in [2.05, 4.69) is 32.1 Å². The van der Waals surface area contributed by atoms with Gasteiger partial charge in [-0.05, 0) is 115 Å². The number of likely N-dealkylation sites (tertiary alicyclic amines) is 2. The normalized spacial score (nSPS) is 24.9. The number of fused-ring (bicyclic) bond motifs is 4. The number of anilines is 1. The Morgan fingerprint density at radius 1 is 0.782 bits per heavy atom. The number of halogens is 1. The molecule has 3 saturated heterocycles. The summed E-state index contributed by atoms with van der Waals surface area (Å²) in [6.07, 6.45) is 1.95. The van der Waals surface area contributed by atoms with E-state index in [4.69, 9.17) is 9.47 Å². The maximum atomic E-state index is 13.8.